The molecule has 4 aromatic rings. The van der Waals surface area contributed by atoms with Gasteiger partial charge in [-0.2, -0.15) is 5.10 Å². The molecule has 2 amide bonds. The second kappa shape index (κ2) is 10.7. The van der Waals surface area contributed by atoms with Crippen LogP contribution in [-0.2, 0) is 29.2 Å². The maximum atomic E-state index is 13.6. The zero-order valence-corrected chi connectivity index (χ0v) is 20.4. The number of pyridine rings is 1. The zero-order valence-electron chi connectivity index (χ0n) is 20.4. The van der Waals surface area contributed by atoms with Gasteiger partial charge in [0.05, 0.1) is 17.3 Å². The Hall–Kier alpha value is -4.70. The molecule has 38 heavy (non-hydrogen) atoms. The molecule has 2 aromatic heterocycles. The number of nitrogens with zero attached hydrogens (tertiary/aromatic N) is 4. The third-order valence-corrected chi connectivity index (χ3v) is 6.41. The Kier molecular flexibility index (Phi) is 7.05. The van der Waals surface area contributed by atoms with Gasteiger partial charge in [0.2, 0.25) is 5.78 Å². The zero-order chi connectivity index (χ0) is 26.6. The Morgan fingerprint density at radius 1 is 1.00 bits per heavy atom. The van der Waals surface area contributed by atoms with E-state index < -0.39 is 23.6 Å². The van der Waals surface area contributed by atoms with Crippen LogP contribution in [0.2, 0.25) is 0 Å². The molecule has 3 N–H and O–H groups in total. The van der Waals surface area contributed by atoms with Gasteiger partial charge in [-0.05, 0) is 47.0 Å². The SMILES string of the molecule is NC(=O)C(=O)CC(NC(=O)c1cccnc1-n1ccc(CN2Cc3ccc(F)cc3C2)n1)c1ccccc1. The number of aromatic nitrogens is 3. The second-order valence-electron chi connectivity index (χ2n) is 9.11. The van der Waals surface area contributed by atoms with Crippen molar-refractivity contribution in [1.29, 1.82) is 0 Å². The molecule has 5 rings (SSSR count). The van der Waals surface area contributed by atoms with E-state index in [4.69, 9.17) is 5.73 Å². The molecule has 0 saturated carbocycles. The fourth-order valence-electron chi connectivity index (χ4n) is 4.55. The summed E-state index contributed by atoms with van der Waals surface area (Å²) in [4.78, 5) is 43.4. The van der Waals surface area contributed by atoms with E-state index in [0.29, 0.717) is 31.0 Å². The predicted molar refractivity (Wildman–Crippen MR) is 136 cm³/mol. The number of benzene rings is 2. The van der Waals surface area contributed by atoms with Crippen molar-refractivity contribution >= 4 is 17.6 Å². The Balaban J connectivity index is 1.33. The van der Waals surface area contributed by atoms with Crippen LogP contribution in [-0.4, -0.2) is 37.3 Å². The average molecular weight is 513 g/mol. The van der Waals surface area contributed by atoms with Gasteiger partial charge in [0.15, 0.2) is 5.82 Å². The summed E-state index contributed by atoms with van der Waals surface area (Å²) in [6, 6.07) is 18.1. The van der Waals surface area contributed by atoms with Crippen molar-refractivity contribution in [3.63, 3.8) is 0 Å². The number of hydrogen-bond acceptors (Lipinski definition) is 6. The van der Waals surface area contributed by atoms with Gasteiger partial charge in [-0.3, -0.25) is 19.3 Å². The van der Waals surface area contributed by atoms with Gasteiger partial charge in [-0.1, -0.05) is 36.4 Å². The number of Topliss-reactive ketones (excluding diaryl/α,β-unsaturated/α-hetero) is 1. The Bertz CT molecular complexity index is 1500. The van der Waals surface area contributed by atoms with Gasteiger partial charge >= 0.3 is 0 Å². The van der Waals surface area contributed by atoms with Gasteiger partial charge < -0.3 is 11.1 Å². The van der Waals surface area contributed by atoms with Crippen LogP contribution < -0.4 is 11.1 Å². The van der Waals surface area contributed by atoms with E-state index in [2.05, 4.69) is 20.3 Å². The molecule has 0 saturated heterocycles. The molecule has 0 aliphatic carbocycles. The first-order chi connectivity index (χ1) is 18.4. The molecule has 1 unspecified atom stereocenters. The van der Waals surface area contributed by atoms with Crippen molar-refractivity contribution in [2.24, 2.45) is 5.73 Å². The highest BCUT2D eigenvalue weighted by atomic mass is 19.1. The lowest BCUT2D eigenvalue weighted by Crippen LogP contribution is -2.34. The number of carbonyl (C=O) groups is 3. The van der Waals surface area contributed by atoms with Crippen LogP contribution in [0.3, 0.4) is 0 Å². The number of ketones is 1. The number of nitrogens with two attached hydrogens (primary N) is 1. The average Bonchev–Trinajstić information content (AvgIpc) is 3.55. The van der Waals surface area contributed by atoms with E-state index in [0.717, 1.165) is 16.8 Å². The summed E-state index contributed by atoms with van der Waals surface area (Å²) in [5.74, 6) is -2.25. The molecule has 2 aromatic carbocycles. The van der Waals surface area contributed by atoms with Gasteiger partial charge in [0, 0.05) is 38.4 Å². The summed E-state index contributed by atoms with van der Waals surface area (Å²) < 4.78 is 15.1. The van der Waals surface area contributed by atoms with Crippen LogP contribution in [0, 0.1) is 5.82 Å². The van der Waals surface area contributed by atoms with Gasteiger partial charge in [0.25, 0.3) is 11.8 Å². The van der Waals surface area contributed by atoms with Crippen molar-refractivity contribution in [2.75, 3.05) is 0 Å². The lowest BCUT2D eigenvalue weighted by molar-refractivity contribution is -0.136. The molecule has 1 aliphatic rings. The van der Waals surface area contributed by atoms with Crippen LogP contribution in [0.4, 0.5) is 4.39 Å². The van der Waals surface area contributed by atoms with Crippen molar-refractivity contribution in [3.8, 4) is 5.82 Å². The highest BCUT2D eigenvalue weighted by Gasteiger charge is 2.24. The number of primary amides is 1. The number of carbonyl (C=O) groups excluding carboxylic acids is 3. The minimum atomic E-state index is -1.06. The van der Waals surface area contributed by atoms with E-state index in [1.54, 1.807) is 54.9 Å². The van der Waals surface area contributed by atoms with E-state index in [1.807, 2.05) is 18.2 Å². The monoisotopic (exact) mass is 512 g/mol. The van der Waals surface area contributed by atoms with Crippen LogP contribution in [0.25, 0.3) is 5.82 Å². The smallest absolute Gasteiger partial charge is 0.284 e. The minimum absolute atomic E-state index is 0.246. The summed E-state index contributed by atoms with van der Waals surface area (Å²) >= 11 is 0. The molecule has 9 nitrogen and oxygen atoms in total. The largest absolute Gasteiger partial charge is 0.363 e. The Morgan fingerprint density at radius 2 is 1.79 bits per heavy atom. The standard InChI is InChI=1S/C28H25FN6O3/c29-21-9-8-19-15-34(16-20(19)13-21)17-22-10-12-35(33-22)27-23(7-4-11-31-27)28(38)32-24(14-25(36)26(30)37)18-5-2-1-3-6-18/h1-13,24H,14-17H2,(H2,30,37)(H,32,38). The highest BCUT2D eigenvalue weighted by Crippen LogP contribution is 2.25. The minimum Gasteiger partial charge on any atom is -0.363 e. The summed E-state index contributed by atoms with van der Waals surface area (Å²) in [7, 11) is 0. The molecule has 3 heterocycles. The maximum absolute atomic E-state index is 13.6. The van der Waals surface area contributed by atoms with E-state index >= 15 is 0 Å². The number of hydrogen-bond donors (Lipinski definition) is 2. The van der Waals surface area contributed by atoms with E-state index in [-0.39, 0.29) is 17.8 Å². The number of fused-ring (bicyclic) bond motifs is 1. The quantitative estimate of drug-likeness (QED) is 0.333. The third-order valence-electron chi connectivity index (χ3n) is 6.41. The molecule has 1 aliphatic heterocycles. The molecular formula is C28H25FN6O3. The molecule has 0 radical (unpaired) electrons. The van der Waals surface area contributed by atoms with Crippen molar-refractivity contribution in [2.45, 2.75) is 32.1 Å². The van der Waals surface area contributed by atoms with Crippen LogP contribution in [0.15, 0.2) is 79.1 Å². The second-order valence-corrected chi connectivity index (χ2v) is 9.11. The van der Waals surface area contributed by atoms with Gasteiger partial charge in [-0.25, -0.2) is 14.1 Å². The highest BCUT2D eigenvalue weighted by molar-refractivity contribution is 6.35. The molecule has 192 valence electrons. The Labute approximate surface area is 218 Å². The first kappa shape index (κ1) is 25.0. The molecule has 10 heteroatoms. The normalized spacial score (nSPS) is 13.6. The first-order valence-electron chi connectivity index (χ1n) is 12.1. The summed E-state index contributed by atoms with van der Waals surface area (Å²) in [5, 5.41) is 7.46. The molecule has 1 atom stereocenters. The lowest BCUT2D eigenvalue weighted by Gasteiger charge is -2.19. The predicted octanol–water partition coefficient (Wildman–Crippen LogP) is 2.84. The fraction of sp³-hybridized carbons (Fsp3) is 0.179. The number of halogens is 1. The van der Waals surface area contributed by atoms with Crippen LogP contribution in [0.1, 0.15) is 45.2 Å². The van der Waals surface area contributed by atoms with Gasteiger partial charge in [-0.15, -0.1) is 0 Å². The van der Waals surface area contributed by atoms with E-state index in [1.165, 1.54) is 10.7 Å². The number of rotatable bonds is 9. The molecule has 0 fully saturated rings. The topological polar surface area (TPSA) is 123 Å². The third kappa shape index (κ3) is 5.50. The van der Waals surface area contributed by atoms with Gasteiger partial charge in [0.1, 0.15) is 5.82 Å². The van der Waals surface area contributed by atoms with Crippen molar-refractivity contribution in [1.82, 2.24) is 25.0 Å². The first-order valence-corrected chi connectivity index (χ1v) is 12.1. The number of amides is 2. The molecule has 0 bridgehead atoms. The summed E-state index contributed by atoms with van der Waals surface area (Å²) in [6.07, 6.45) is 3.02. The van der Waals surface area contributed by atoms with E-state index in [9.17, 15) is 18.8 Å². The maximum Gasteiger partial charge on any atom is 0.284 e. The van der Waals surface area contributed by atoms with Crippen molar-refractivity contribution < 1.29 is 18.8 Å². The summed E-state index contributed by atoms with van der Waals surface area (Å²) in [6.45, 7) is 1.87. The summed E-state index contributed by atoms with van der Waals surface area (Å²) in [5.41, 5.74) is 8.89. The van der Waals surface area contributed by atoms with Crippen molar-refractivity contribution in [3.05, 3.63) is 113 Å². The molecular weight excluding hydrogens is 487 g/mol. The fourth-order valence-corrected chi connectivity index (χ4v) is 4.55. The van der Waals surface area contributed by atoms with Crippen LogP contribution in [0.5, 0.6) is 0 Å². The van der Waals surface area contributed by atoms with Crippen LogP contribution >= 0.6 is 0 Å². The lowest BCUT2D eigenvalue weighted by atomic mass is 10.0. The molecule has 0 spiro atoms. The number of nitrogens with one attached hydrogen (secondary N) is 1. The Morgan fingerprint density at radius 3 is 2.58 bits per heavy atom.